The van der Waals surface area contributed by atoms with Crippen LogP contribution < -0.4 is 9.64 Å². The second-order valence-electron chi connectivity index (χ2n) is 13.3. The monoisotopic (exact) mass is 742 g/mol. The van der Waals surface area contributed by atoms with E-state index in [2.05, 4.69) is 4.98 Å². The van der Waals surface area contributed by atoms with E-state index in [0.717, 1.165) is 12.0 Å². The molecule has 4 heterocycles. The van der Waals surface area contributed by atoms with Crippen molar-refractivity contribution in [3.05, 3.63) is 94.3 Å². The van der Waals surface area contributed by atoms with Gasteiger partial charge in [-0.1, -0.05) is 12.1 Å². The summed E-state index contributed by atoms with van der Waals surface area (Å²) in [5.74, 6) is -0.293. The van der Waals surface area contributed by atoms with Crippen molar-refractivity contribution < 1.29 is 55.2 Å². The lowest BCUT2D eigenvalue weighted by atomic mass is 9.94. The van der Waals surface area contributed by atoms with Crippen LogP contribution >= 0.6 is 0 Å². The molecule has 0 saturated carbocycles. The first kappa shape index (κ1) is 36.0. The third-order valence-electron chi connectivity index (χ3n) is 9.94. The number of ether oxygens (including phenoxy) is 3. The van der Waals surface area contributed by atoms with Crippen molar-refractivity contribution in [2.45, 2.75) is 63.5 Å². The van der Waals surface area contributed by atoms with Crippen LogP contribution in [0, 0.1) is 6.92 Å². The first-order valence-corrected chi connectivity index (χ1v) is 16.6. The molecule has 3 fully saturated rings. The number of morpholine rings is 1. The number of aromatic carboxylic acids is 1. The summed E-state index contributed by atoms with van der Waals surface area (Å²) < 4.78 is 99.2. The molecule has 1 amide bonds. The van der Waals surface area contributed by atoms with Gasteiger partial charge < -0.3 is 24.2 Å². The number of alkyl halides is 6. The second kappa shape index (κ2) is 13.2. The van der Waals surface area contributed by atoms with Gasteiger partial charge in [0.2, 0.25) is 5.95 Å². The third kappa shape index (κ3) is 6.82. The van der Waals surface area contributed by atoms with Gasteiger partial charge in [0.1, 0.15) is 11.9 Å². The number of amides is 1. The molecule has 4 atom stereocenters. The number of methoxy groups -OCH3 is 1. The van der Waals surface area contributed by atoms with E-state index in [0.29, 0.717) is 64.9 Å². The van der Waals surface area contributed by atoms with Crippen LogP contribution in [0.1, 0.15) is 57.8 Å². The van der Waals surface area contributed by atoms with E-state index in [-0.39, 0.29) is 30.3 Å². The van der Waals surface area contributed by atoms with Crippen LogP contribution in [0.2, 0.25) is 0 Å². The van der Waals surface area contributed by atoms with E-state index < -0.39 is 53.3 Å². The largest absolute Gasteiger partial charge is 0.496 e. The van der Waals surface area contributed by atoms with Crippen LogP contribution in [0.4, 0.5) is 37.1 Å². The summed E-state index contributed by atoms with van der Waals surface area (Å²) in [6.07, 6.45) is -10.2. The maximum atomic E-state index is 13.7. The van der Waals surface area contributed by atoms with Crippen LogP contribution in [0.15, 0.2) is 60.8 Å². The Labute approximate surface area is 298 Å². The molecule has 4 unspecified atom stereocenters. The minimum atomic E-state index is -5.09. The minimum Gasteiger partial charge on any atom is -0.496 e. The van der Waals surface area contributed by atoms with Gasteiger partial charge in [-0.25, -0.2) is 19.6 Å². The summed E-state index contributed by atoms with van der Waals surface area (Å²) in [5, 5.41) is 9.45. The summed E-state index contributed by atoms with van der Waals surface area (Å²) in [4.78, 5) is 37.8. The molecule has 16 heteroatoms. The van der Waals surface area contributed by atoms with Crippen molar-refractivity contribution in [3.63, 3.8) is 0 Å². The lowest BCUT2D eigenvalue weighted by Crippen LogP contribution is -2.38. The molecule has 10 nitrogen and oxygen atoms in total. The van der Waals surface area contributed by atoms with Crippen LogP contribution in [0.25, 0.3) is 22.3 Å². The fraction of sp³-hybridized carbons (Fsp3) is 0.351. The maximum absolute atomic E-state index is 13.7. The van der Waals surface area contributed by atoms with E-state index in [1.54, 1.807) is 37.4 Å². The lowest BCUT2D eigenvalue weighted by molar-refractivity contribution is -0.143. The summed E-state index contributed by atoms with van der Waals surface area (Å²) in [6, 6.07) is 10.2. The Bertz CT molecular complexity index is 2080. The van der Waals surface area contributed by atoms with E-state index >= 15 is 0 Å². The molecule has 3 aromatic carbocycles. The van der Waals surface area contributed by atoms with E-state index in [9.17, 15) is 41.0 Å². The van der Waals surface area contributed by atoms with Crippen molar-refractivity contribution >= 4 is 18.0 Å². The molecule has 2 bridgehead atoms. The van der Waals surface area contributed by atoms with E-state index in [4.69, 9.17) is 19.2 Å². The summed E-state index contributed by atoms with van der Waals surface area (Å²) in [5.41, 5.74) is 0.0504. The lowest BCUT2D eigenvalue weighted by Gasteiger charge is -2.28. The van der Waals surface area contributed by atoms with Crippen molar-refractivity contribution in [1.82, 2.24) is 14.9 Å². The topological polar surface area (TPSA) is 114 Å². The number of nitrogens with zero attached hydrogens (tertiary/aromatic N) is 4. The minimum absolute atomic E-state index is 0.00245. The first-order chi connectivity index (χ1) is 25.0. The summed E-state index contributed by atoms with van der Waals surface area (Å²) in [6.45, 7) is 4.03. The normalized spacial score (nSPS) is 21.3. The fourth-order valence-electron chi connectivity index (χ4n) is 7.21. The number of carboxylic acids is 1. The van der Waals surface area contributed by atoms with Gasteiger partial charge >= 0.3 is 24.4 Å². The smallest absolute Gasteiger partial charge is 0.416 e. The highest BCUT2D eigenvalue weighted by atomic mass is 19.4. The Balaban J connectivity index is 1.30. The number of cyclic esters (lactones) is 1. The number of hydrogen-bond donors (Lipinski definition) is 1. The van der Waals surface area contributed by atoms with Gasteiger partial charge in [-0.2, -0.15) is 26.3 Å². The van der Waals surface area contributed by atoms with Crippen molar-refractivity contribution in [2.24, 2.45) is 0 Å². The quantitative estimate of drug-likeness (QED) is 0.180. The van der Waals surface area contributed by atoms with Crippen LogP contribution in [-0.4, -0.2) is 70.5 Å². The Hall–Kier alpha value is -5.38. The predicted octanol–water partition coefficient (Wildman–Crippen LogP) is 7.92. The highest BCUT2D eigenvalue weighted by Gasteiger charge is 2.44. The average Bonchev–Trinajstić information content (AvgIpc) is 3.82. The molecule has 3 aliphatic rings. The van der Waals surface area contributed by atoms with E-state index in [1.807, 2.05) is 11.0 Å². The molecule has 4 aromatic rings. The predicted molar refractivity (Wildman–Crippen MR) is 177 cm³/mol. The summed E-state index contributed by atoms with van der Waals surface area (Å²) >= 11 is 0. The van der Waals surface area contributed by atoms with Gasteiger partial charge in [0.15, 0.2) is 0 Å². The Morgan fingerprint density at radius 3 is 2.28 bits per heavy atom. The first-order valence-electron chi connectivity index (χ1n) is 16.6. The number of aryl methyl sites for hydroxylation is 1. The number of halogens is 6. The van der Waals surface area contributed by atoms with Gasteiger partial charge in [-0.05, 0) is 85.0 Å². The van der Waals surface area contributed by atoms with Crippen molar-refractivity contribution in [3.8, 4) is 28.0 Å². The van der Waals surface area contributed by atoms with Crippen molar-refractivity contribution in [1.29, 1.82) is 0 Å². The third-order valence-corrected chi connectivity index (χ3v) is 9.94. The molecular weight excluding hydrogens is 710 g/mol. The Morgan fingerprint density at radius 2 is 1.70 bits per heavy atom. The molecular formula is C37H32F6N4O6. The summed E-state index contributed by atoms with van der Waals surface area (Å²) in [7, 11) is 1.47. The number of carbonyl (C=O) groups is 2. The number of benzene rings is 3. The molecule has 0 aliphatic carbocycles. The van der Waals surface area contributed by atoms with Gasteiger partial charge in [0, 0.05) is 23.9 Å². The number of rotatable bonds is 8. The van der Waals surface area contributed by atoms with E-state index in [1.165, 1.54) is 25.0 Å². The molecule has 278 valence electrons. The molecule has 3 aliphatic heterocycles. The number of aromatic nitrogens is 2. The standard InChI is InChI=1S/C37H32F6N4O6/c1-18-8-21(33(48)49)4-6-27(18)20-5-7-31(51-3)28(11-20)29-14-44-34(47-15-26-13-25(47)17-52-26)45-30(29)16-46-19(2)32(53-35(46)50)22-9-23(36(38,39)40)12-24(10-22)37(41,42)43/h4-12,14,19,25-26,32H,13,15-17H2,1-3H3,(H,48,49). The van der Waals surface area contributed by atoms with Crippen LogP contribution in [-0.2, 0) is 28.4 Å². The zero-order valence-corrected chi connectivity index (χ0v) is 28.5. The SMILES string of the molecule is COc1ccc(-c2ccc(C(=O)O)cc2C)cc1-c1cnc(N2CC3CC2CO3)nc1CN1C(=O)OC(c2cc(C(F)(F)F)cc(C(F)(F)F)c2)C1C. The number of carbonyl (C=O) groups excluding carboxylic acids is 1. The molecule has 0 spiro atoms. The van der Waals surface area contributed by atoms with Gasteiger partial charge in [0.05, 0.1) is 60.8 Å². The zero-order chi connectivity index (χ0) is 38.0. The number of carboxylic acid groups (broad SMARTS) is 1. The maximum Gasteiger partial charge on any atom is 0.416 e. The van der Waals surface area contributed by atoms with Gasteiger partial charge in [-0.15, -0.1) is 0 Å². The second-order valence-corrected chi connectivity index (χ2v) is 13.3. The van der Waals surface area contributed by atoms with Gasteiger partial charge in [-0.3, -0.25) is 4.90 Å². The molecule has 1 aromatic heterocycles. The zero-order valence-electron chi connectivity index (χ0n) is 28.5. The van der Waals surface area contributed by atoms with Crippen LogP contribution in [0.3, 0.4) is 0 Å². The van der Waals surface area contributed by atoms with Crippen LogP contribution in [0.5, 0.6) is 5.75 Å². The number of anilines is 1. The molecule has 1 N–H and O–H groups in total. The highest BCUT2D eigenvalue weighted by Crippen LogP contribution is 2.43. The van der Waals surface area contributed by atoms with Gasteiger partial charge in [0.25, 0.3) is 0 Å². The number of fused-ring (bicyclic) bond motifs is 2. The highest BCUT2D eigenvalue weighted by molar-refractivity contribution is 5.89. The fourth-order valence-corrected chi connectivity index (χ4v) is 7.21. The molecule has 53 heavy (non-hydrogen) atoms. The Morgan fingerprint density at radius 1 is 0.981 bits per heavy atom. The molecule has 0 radical (unpaired) electrons. The molecule has 3 saturated heterocycles. The number of hydrogen-bond acceptors (Lipinski definition) is 8. The molecule has 7 rings (SSSR count). The average molecular weight is 743 g/mol. The Kier molecular flexibility index (Phi) is 8.99. The van der Waals surface area contributed by atoms with Crippen molar-refractivity contribution in [2.75, 3.05) is 25.2 Å².